The molecule has 1 aromatic heterocycles. The molecule has 1 aromatic carbocycles. The van der Waals surface area contributed by atoms with Crippen molar-refractivity contribution >= 4 is 28.6 Å². The molecule has 0 aliphatic carbocycles. The van der Waals surface area contributed by atoms with Crippen LogP contribution in [0.4, 0.5) is 11.4 Å². The average Bonchev–Trinajstić information content (AvgIpc) is 2.60. The maximum Gasteiger partial charge on any atom is 0.308 e. The predicted molar refractivity (Wildman–Crippen MR) is 82.3 cm³/mol. The predicted octanol–water partition coefficient (Wildman–Crippen LogP) is 2.06. The molecule has 0 unspecified atom stereocenters. The molecule has 106 valence electrons. The third-order valence-electron chi connectivity index (χ3n) is 3.20. The third kappa shape index (κ3) is 2.91. The molecule has 5 nitrogen and oxygen atoms in total. The van der Waals surface area contributed by atoms with E-state index in [-0.39, 0.29) is 17.3 Å². The number of nitrogen functional groups attached to an aromatic ring is 1. The number of thiazole rings is 1. The molecule has 0 aliphatic heterocycles. The summed E-state index contributed by atoms with van der Waals surface area (Å²) in [6.07, 6.45) is 0. The first-order valence-corrected chi connectivity index (χ1v) is 7.03. The maximum atomic E-state index is 12.0. The quantitative estimate of drug-likeness (QED) is 0.850. The van der Waals surface area contributed by atoms with E-state index in [4.69, 9.17) is 5.73 Å². The van der Waals surface area contributed by atoms with E-state index in [0.29, 0.717) is 11.4 Å². The molecule has 6 heteroatoms. The van der Waals surface area contributed by atoms with Crippen molar-refractivity contribution in [1.82, 2.24) is 4.57 Å². The lowest BCUT2D eigenvalue weighted by Gasteiger charge is -2.10. The van der Waals surface area contributed by atoms with E-state index in [9.17, 15) is 9.59 Å². The highest BCUT2D eigenvalue weighted by molar-refractivity contribution is 7.09. The molecule has 1 amide bonds. The molecule has 0 aliphatic rings. The summed E-state index contributed by atoms with van der Waals surface area (Å²) >= 11 is 1.16. The minimum absolute atomic E-state index is 0.0266. The Kier molecular flexibility index (Phi) is 3.94. The second kappa shape index (κ2) is 5.50. The van der Waals surface area contributed by atoms with E-state index in [1.165, 1.54) is 4.57 Å². The summed E-state index contributed by atoms with van der Waals surface area (Å²) in [7, 11) is 0. The van der Waals surface area contributed by atoms with E-state index in [1.807, 2.05) is 20.8 Å². The Morgan fingerprint density at radius 1 is 1.35 bits per heavy atom. The van der Waals surface area contributed by atoms with Gasteiger partial charge in [-0.2, -0.15) is 0 Å². The van der Waals surface area contributed by atoms with Crippen LogP contribution in [-0.4, -0.2) is 10.5 Å². The molecule has 0 bridgehead atoms. The number of benzene rings is 1. The van der Waals surface area contributed by atoms with Crippen molar-refractivity contribution in [1.29, 1.82) is 0 Å². The number of aryl methyl sites for hydroxylation is 2. The molecular formula is C14H17N3O2S. The minimum Gasteiger partial charge on any atom is -0.399 e. The van der Waals surface area contributed by atoms with Gasteiger partial charge in [0.15, 0.2) is 0 Å². The zero-order valence-corrected chi connectivity index (χ0v) is 12.5. The van der Waals surface area contributed by atoms with Gasteiger partial charge in [0, 0.05) is 21.9 Å². The number of rotatable bonds is 3. The van der Waals surface area contributed by atoms with Gasteiger partial charge >= 0.3 is 4.87 Å². The van der Waals surface area contributed by atoms with Gasteiger partial charge in [0.1, 0.15) is 6.54 Å². The molecule has 1 heterocycles. The van der Waals surface area contributed by atoms with E-state index in [0.717, 1.165) is 27.5 Å². The largest absolute Gasteiger partial charge is 0.399 e. The van der Waals surface area contributed by atoms with Gasteiger partial charge in [-0.05, 0) is 44.5 Å². The number of aromatic nitrogens is 1. The average molecular weight is 291 g/mol. The molecule has 0 saturated carbocycles. The number of carbonyl (C=O) groups is 1. The second-order valence-corrected chi connectivity index (χ2v) is 5.88. The summed E-state index contributed by atoms with van der Waals surface area (Å²) in [5.74, 6) is -0.221. The number of carbonyl (C=O) groups excluding carboxylic acids is 1. The number of hydrogen-bond acceptors (Lipinski definition) is 4. The molecule has 2 aromatic rings. The van der Waals surface area contributed by atoms with Gasteiger partial charge in [0.05, 0.1) is 0 Å². The lowest BCUT2D eigenvalue weighted by Crippen LogP contribution is -2.25. The first-order chi connectivity index (χ1) is 9.38. The van der Waals surface area contributed by atoms with Crippen LogP contribution in [0.15, 0.2) is 23.0 Å². The lowest BCUT2D eigenvalue weighted by molar-refractivity contribution is -0.116. The molecule has 0 radical (unpaired) electrons. The van der Waals surface area contributed by atoms with Crippen LogP contribution >= 0.6 is 11.3 Å². The highest BCUT2D eigenvalue weighted by Gasteiger charge is 2.12. The Morgan fingerprint density at radius 2 is 2.05 bits per heavy atom. The van der Waals surface area contributed by atoms with E-state index in [2.05, 4.69) is 5.32 Å². The smallest absolute Gasteiger partial charge is 0.308 e. The molecule has 0 spiro atoms. The van der Waals surface area contributed by atoms with Crippen molar-refractivity contribution in [2.45, 2.75) is 27.3 Å². The Morgan fingerprint density at radius 3 is 2.60 bits per heavy atom. The van der Waals surface area contributed by atoms with Gasteiger partial charge in [-0.15, -0.1) is 0 Å². The summed E-state index contributed by atoms with van der Waals surface area (Å²) in [4.78, 5) is 24.6. The van der Waals surface area contributed by atoms with Crippen LogP contribution in [0.5, 0.6) is 0 Å². The second-order valence-electron chi connectivity index (χ2n) is 4.72. The van der Waals surface area contributed by atoms with Crippen molar-refractivity contribution in [3.63, 3.8) is 0 Å². The molecule has 3 N–H and O–H groups in total. The SMILES string of the molecule is Cc1cc(N)ccc1NC(=O)Cn1c(C)c(C)sc1=O. The van der Waals surface area contributed by atoms with Crippen LogP contribution in [-0.2, 0) is 11.3 Å². The standard InChI is InChI=1S/C14H17N3O2S/c1-8-6-11(15)4-5-12(8)16-13(18)7-17-9(2)10(3)20-14(17)19/h4-6H,7,15H2,1-3H3,(H,16,18). The fourth-order valence-electron chi connectivity index (χ4n) is 1.93. The zero-order chi connectivity index (χ0) is 14.9. The van der Waals surface area contributed by atoms with E-state index < -0.39 is 0 Å². The Hall–Kier alpha value is -2.08. The number of amides is 1. The van der Waals surface area contributed by atoms with Crippen molar-refractivity contribution in [2.75, 3.05) is 11.1 Å². The number of nitrogens with one attached hydrogen (secondary N) is 1. The Balaban J connectivity index is 2.15. The minimum atomic E-state index is -0.221. The summed E-state index contributed by atoms with van der Waals surface area (Å²) in [6, 6.07) is 5.29. The van der Waals surface area contributed by atoms with Gasteiger partial charge in [0.25, 0.3) is 0 Å². The summed E-state index contributed by atoms with van der Waals surface area (Å²) in [6.45, 7) is 5.62. The van der Waals surface area contributed by atoms with Crippen molar-refractivity contribution < 1.29 is 4.79 Å². The molecule has 0 saturated heterocycles. The highest BCUT2D eigenvalue weighted by atomic mass is 32.1. The van der Waals surface area contributed by atoms with Gasteiger partial charge in [-0.3, -0.25) is 14.2 Å². The van der Waals surface area contributed by atoms with E-state index in [1.54, 1.807) is 18.2 Å². The number of nitrogens with zero attached hydrogens (tertiary/aromatic N) is 1. The summed E-state index contributed by atoms with van der Waals surface area (Å²) < 4.78 is 1.49. The molecule has 0 fully saturated rings. The molecular weight excluding hydrogens is 274 g/mol. The number of anilines is 2. The van der Waals surface area contributed by atoms with Crippen molar-refractivity contribution in [2.24, 2.45) is 0 Å². The van der Waals surface area contributed by atoms with Gasteiger partial charge in [-0.25, -0.2) is 0 Å². The highest BCUT2D eigenvalue weighted by Crippen LogP contribution is 2.17. The normalized spacial score (nSPS) is 10.6. The van der Waals surface area contributed by atoms with Crippen molar-refractivity contribution in [3.05, 3.63) is 44.0 Å². The van der Waals surface area contributed by atoms with Gasteiger partial charge in [-0.1, -0.05) is 11.3 Å². The lowest BCUT2D eigenvalue weighted by atomic mass is 10.2. The zero-order valence-electron chi connectivity index (χ0n) is 11.7. The monoisotopic (exact) mass is 291 g/mol. The van der Waals surface area contributed by atoms with E-state index >= 15 is 0 Å². The Bertz CT molecular complexity index is 716. The maximum absolute atomic E-state index is 12.0. The van der Waals surface area contributed by atoms with Crippen LogP contribution in [0, 0.1) is 20.8 Å². The number of hydrogen-bond donors (Lipinski definition) is 2. The van der Waals surface area contributed by atoms with Crippen LogP contribution < -0.4 is 15.9 Å². The van der Waals surface area contributed by atoms with Crippen LogP contribution in [0.2, 0.25) is 0 Å². The first-order valence-electron chi connectivity index (χ1n) is 6.21. The summed E-state index contributed by atoms with van der Waals surface area (Å²) in [5, 5.41) is 2.80. The van der Waals surface area contributed by atoms with Gasteiger partial charge in [0.2, 0.25) is 5.91 Å². The molecule has 20 heavy (non-hydrogen) atoms. The van der Waals surface area contributed by atoms with Crippen molar-refractivity contribution in [3.8, 4) is 0 Å². The topological polar surface area (TPSA) is 77.1 Å². The fourth-order valence-corrected chi connectivity index (χ4v) is 2.76. The first kappa shape index (κ1) is 14.3. The molecule has 0 atom stereocenters. The van der Waals surface area contributed by atoms with Crippen LogP contribution in [0.25, 0.3) is 0 Å². The third-order valence-corrected chi connectivity index (χ3v) is 4.20. The molecule has 2 rings (SSSR count). The Labute approximate surface area is 121 Å². The van der Waals surface area contributed by atoms with Crippen LogP contribution in [0.3, 0.4) is 0 Å². The van der Waals surface area contributed by atoms with Crippen LogP contribution in [0.1, 0.15) is 16.1 Å². The fraction of sp³-hybridized carbons (Fsp3) is 0.286. The van der Waals surface area contributed by atoms with Gasteiger partial charge < -0.3 is 11.1 Å². The number of nitrogens with two attached hydrogens (primary N) is 1. The summed E-state index contributed by atoms with van der Waals surface area (Å²) in [5.41, 5.74) is 8.76.